The summed E-state index contributed by atoms with van der Waals surface area (Å²) in [6.45, 7) is 0. The standard InChI is InChI=1S/C7H5N3O/c8-7-5-9-6(4-10-7)2-1-3-11/h3-5H,(H2,8,10). The molecule has 2 N–H and O–H groups in total. The molecule has 0 unspecified atom stereocenters. The third-order valence-corrected chi connectivity index (χ3v) is 0.931. The first-order valence-electron chi connectivity index (χ1n) is 2.85. The van der Waals surface area contributed by atoms with Crippen LogP contribution >= 0.6 is 0 Å². The maximum Gasteiger partial charge on any atom is 0.193 e. The van der Waals surface area contributed by atoms with Crippen molar-refractivity contribution >= 4 is 12.1 Å². The number of nitrogens with two attached hydrogens (primary N) is 1. The van der Waals surface area contributed by atoms with Crippen molar-refractivity contribution in [3.63, 3.8) is 0 Å². The fourth-order valence-electron chi connectivity index (χ4n) is 0.506. The molecule has 0 aliphatic carbocycles. The van der Waals surface area contributed by atoms with E-state index in [4.69, 9.17) is 5.73 Å². The third-order valence-electron chi connectivity index (χ3n) is 0.931. The monoisotopic (exact) mass is 147 g/mol. The number of aromatic nitrogens is 2. The van der Waals surface area contributed by atoms with Gasteiger partial charge in [-0.25, -0.2) is 9.97 Å². The van der Waals surface area contributed by atoms with Gasteiger partial charge in [-0.2, -0.15) is 0 Å². The van der Waals surface area contributed by atoms with Gasteiger partial charge in [-0.1, -0.05) is 0 Å². The summed E-state index contributed by atoms with van der Waals surface area (Å²) >= 11 is 0. The van der Waals surface area contributed by atoms with Crippen LogP contribution in [-0.2, 0) is 4.79 Å². The van der Waals surface area contributed by atoms with E-state index in [2.05, 4.69) is 21.8 Å². The smallest absolute Gasteiger partial charge is 0.193 e. The van der Waals surface area contributed by atoms with Crippen LogP contribution < -0.4 is 5.73 Å². The van der Waals surface area contributed by atoms with Gasteiger partial charge in [0.25, 0.3) is 0 Å². The van der Waals surface area contributed by atoms with Crippen LogP contribution in [0.15, 0.2) is 12.4 Å². The summed E-state index contributed by atoms with van der Waals surface area (Å²) in [5.74, 6) is 5.02. The molecule has 0 radical (unpaired) electrons. The summed E-state index contributed by atoms with van der Waals surface area (Å²) < 4.78 is 0. The molecule has 11 heavy (non-hydrogen) atoms. The number of rotatable bonds is 0. The molecule has 0 saturated heterocycles. The highest BCUT2D eigenvalue weighted by Crippen LogP contribution is 1.92. The minimum absolute atomic E-state index is 0.335. The van der Waals surface area contributed by atoms with Crippen molar-refractivity contribution in [3.8, 4) is 11.8 Å². The molecule has 0 aromatic carbocycles. The Morgan fingerprint density at radius 1 is 1.45 bits per heavy atom. The summed E-state index contributed by atoms with van der Waals surface area (Å²) in [5.41, 5.74) is 5.70. The van der Waals surface area contributed by atoms with E-state index in [-0.39, 0.29) is 0 Å². The van der Waals surface area contributed by atoms with Crippen molar-refractivity contribution < 1.29 is 4.79 Å². The summed E-state index contributed by atoms with van der Waals surface area (Å²) in [6.07, 6.45) is 3.29. The number of nitrogen functional groups attached to an aromatic ring is 1. The second-order valence-corrected chi connectivity index (χ2v) is 1.71. The van der Waals surface area contributed by atoms with Gasteiger partial charge in [0.1, 0.15) is 11.5 Å². The molecule has 4 heteroatoms. The van der Waals surface area contributed by atoms with Gasteiger partial charge in [-0.3, -0.25) is 4.79 Å². The topological polar surface area (TPSA) is 68.9 Å². The van der Waals surface area contributed by atoms with Gasteiger partial charge in [0.2, 0.25) is 0 Å². The lowest BCUT2D eigenvalue weighted by molar-refractivity contribution is -0.103. The van der Waals surface area contributed by atoms with E-state index in [0.29, 0.717) is 17.8 Å². The Labute approximate surface area is 63.5 Å². The average Bonchev–Trinajstić information content (AvgIpc) is 2.04. The van der Waals surface area contributed by atoms with E-state index < -0.39 is 0 Å². The molecule has 0 spiro atoms. The first kappa shape index (κ1) is 7.22. The number of carbonyl (C=O) groups is 1. The molecule has 1 heterocycles. The van der Waals surface area contributed by atoms with Crippen molar-refractivity contribution in [2.45, 2.75) is 0 Å². The molecule has 0 atom stereocenters. The molecular formula is C7H5N3O. The van der Waals surface area contributed by atoms with Crippen LogP contribution in [-0.4, -0.2) is 16.3 Å². The van der Waals surface area contributed by atoms with Gasteiger partial charge in [0.05, 0.1) is 12.4 Å². The van der Waals surface area contributed by atoms with Crippen LogP contribution in [0.4, 0.5) is 5.82 Å². The zero-order valence-corrected chi connectivity index (χ0v) is 5.61. The Morgan fingerprint density at radius 2 is 2.27 bits per heavy atom. The first-order chi connectivity index (χ1) is 5.33. The Balaban J connectivity index is 2.90. The molecule has 0 aliphatic heterocycles. The number of hydrogen-bond acceptors (Lipinski definition) is 4. The highest BCUT2D eigenvalue weighted by Gasteiger charge is 1.87. The maximum absolute atomic E-state index is 9.80. The van der Waals surface area contributed by atoms with Crippen LogP contribution in [0.25, 0.3) is 0 Å². The lowest BCUT2D eigenvalue weighted by atomic mass is 10.4. The SMILES string of the molecule is Nc1cnc(C#CC=O)cn1. The molecule has 0 amide bonds. The van der Waals surface area contributed by atoms with E-state index in [1.54, 1.807) is 0 Å². The molecule has 0 fully saturated rings. The fraction of sp³-hybridized carbons (Fsp3) is 0. The minimum atomic E-state index is 0.335. The van der Waals surface area contributed by atoms with Crippen molar-refractivity contribution in [2.75, 3.05) is 5.73 Å². The zero-order chi connectivity index (χ0) is 8.10. The van der Waals surface area contributed by atoms with Crippen molar-refractivity contribution in [3.05, 3.63) is 18.1 Å². The molecule has 0 saturated carbocycles. The third kappa shape index (κ3) is 2.06. The van der Waals surface area contributed by atoms with Crippen molar-refractivity contribution in [1.29, 1.82) is 0 Å². The predicted molar refractivity (Wildman–Crippen MR) is 39.4 cm³/mol. The van der Waals surface area contributed by atoms with E-state index in [1.165, 1.54) is 12.4 Å². The lowest BCUT2D eigenvalue weighted by Crippen LogP contribution is -1.92. The molecule has 0 bridgehead atoms. The van der Waals surface area contributed by atoms with Gasteiger partial charge < -0.3 is 5.73 Å². The summed E-state index contributed by atoms with van der Waals surface area (Å²) in [6, 6.07) is 0. The Hall–Kier alpha value is -1.89. The fourth-order valence-corrected chi connectivity index (χ4v) is 0.506. The minimum Gasteiger partial charge on any atom is -0.382 e. The predicted octanol–water partition coefficient (Wildman–Crippen LogP) is -0.391. The molecule has 54 valence electrons. The molecular weight excluding hydrogens is 142 g/mol. The summed E-state index contributed by atoms with van der Waals surface area (Å²) in [4.78, 5) is 17.3. The zero-order valence-electron chi connectivity index (χ0n) is 5.61. The van der Waals surface area contributed by atoms with E-state index in [9.17, 15) is 4.79 Å². The summed E-state index contributed by atoms with van der Waals surface area (Å²) in [5, 5.41) is 0. The number of anilines is 1. The molecule has 4 nitrogen and oxygen atoms in total. The van der Waals surface area contributed by atoms with Gasteiger partial charge in [0.15, 0.2) is 6.29 Å². The molecule has 1 rings (SSSR count). The average molecular weight is 147 g/mol. The van der Waals surface area contributed by atoms with Crippen LogP contribution in [0.5, 0.6) is 0 Å². The van der Waals surface area contributed by atoms with Crippen LogP contribution in [0, 0.1) is 11.8 Å². The molecule has 1 aromatic rings. The highest BCUT2D eigenvalue weighted by molar-refractivity contribution is 5.73. The summed E-state index contributed by atoms with van der Waals surface area (Å²) in [7, 11) is 0. The van der Waals surface area contributed by atoms with Crippen molar-refractivity contribution in [2.24, 2.45) is 0 Å². The Morgan fingerprint density at radius 3 is 2.82 bits per heavy atom. The lowest BCUT2D eigenvalue weighted by Gasteiger charge is -1.88. The van der Waals surface area contributed by atoms with Gasteiger partial charge in [-0.15, -0.1) is 0 Å². The quantitative estimate of drug-likeness (QED) is 0.400. The van der Waals surface area contributed by atoms with Crippen LogP contribution in [0.2, 0.25) is 0 Å². The number of carbonyl (C=O) groups excluding carboxylic acids is 1. The van der Waals surface area contributed by atoms with E-state index >= 15 is 0 Å². The number of nitrogens with zero attached hydrogens (tertiary/aromatic N) is 2. The Bertz CT molecular complexity index is 307. The van der Waals surface area contributed by atoms with Crippen LogP contribution in [0.3, 0.4) is 0 Å². The first-order valence-corrected chi connectivity index (χ1v) is 2.85. The number of hydrogen-bond donors (Lipinski definition) is 1. The van der Waals surface area contributed by atoms with E-state index in [0.717, 1.165) is 0 Å². The second-order valence-electron chi connectivity index (χ2n) is 1.71. The van der Waals surface area contributed by atoms with E-state index in [1.807, 2.05) is 0 Å². The highest BCUT2D eigenvalue weighted by atomic mass is 16.1. The van der Waals surface area contributed by atoms with Gasteiger partial charge in [0, 0.05) is 0 Å². The van der Waals surface area contributed by atoms with Crippen LogP contribution in [0.1, 0.15) is 5.69 Å². The van der Waals surface area contributed by atoms with Gasteiger partial charge >= 0.3 is 0 Å². The molecule has 0 aliphatic rings. The molecule has 1 aromatic heterocycles. The maximum atomic E-state index is 9.80. The Kier molecular flexibility index (Phi) is 2.18. The second kappa shape index (κ2) is 3.32. The van der Waals surface area contributed by atoms with Gasteiger partial charge in [-0.05, 0) is 11.8 Å². The van der Waals surface area contributed by atoms with Crippen molar-refractivity contribution in [1.82, 2.24) is 9.97 Å². The normalized spacial score (nSPS) is 8.00. The number of aldehydes is 1. The largest absolute Gasteiger partial charge is 0.382 e.